The molecule has 0 aromatic carbocycles. The quantitative estimate of drug-likeness (QED) is 0.741. The lowest BCUT2D eigenvalue weighted by Crippen LogP contribution is -2.24. The maximum Gasteiger partial charge on any atom is 0.151 e. The minimum atomic E-state index is -2.83. The van der Waals surface area contributed by atoms with Crippen LogP contribution < -0.4 is 5.32 Å². The maximum absolute atomic E-state index is 11.2. The standard InChI is InChI=1S/C9H19NO2S/c1-7(2)4-8-5-9(6-10-8)13(3,11)12/h7-10H,4-6H2,1-3H3/t8-,9+/m1/s1. The van der Waals surface area contributed by atoms with Gasteiger partial charge in [-0.2, -0.15) is 0 Å². The van der Waals surface area contributed by atoms with Crippen LogP contribution in [0.4, 0.5) is 0 Å². The molecule has 0 bridgehead atoms. The topological polar surface area (TPSA) is 46.2 Å². The van der Waals surface area contributed by atoms with E-state index in [0.717, 1.165) is 12.8 Å². The molecule has 1 aliphatic rings. The lowest BCUT2D eigenvalue weighted by molar-refractivity contribution is 0.463. The van der Waals surface area contributed by atoms with E-state index in [1.54, 1.807) is 0 Å². The zero-order chi connectivity index (χ0) is 10.1. The molecule has 1 saturated heterocycles. The third kappa shape index (κ3) is 3.27. The molecule has 2 atom stereocenters. The summed E-state index contributed by atoms with van der Waals surface area (Å²) in [6.45, 7) is 4.96. The second-order valence-electron chi connectivity index (χ2n) is 4.42. The maximum atomic E-state index is 11.2. The first kappa shape index (κ1) is 11.0. The molecule has 0 aromatic rings. The van der Waals surface area contributed by atoms with Gasteiger partial charge in [0.1, 0.15) is 0 Å². The molecule has 3 nitrogen and oxygen atoms in total. The summed E-state index contributed by atoms with van der Waals surface area (Å²) in [7, 11) is -2.83. The van der Waals surface area contributed by atoms with Crippen molar-refractivity contribution >= 4 is 9.84 Å². The lowest BCUT2D eigenvalue weighted by atomic mass is 10.0. The fourth-order valence-electron chi connectivity index (χ4n) is 1.86. The Kier molecular flexibility index (Phi) is 3.35. The van der Waals surface area contributed by atoms with Crippen LogP contribution in [0.3, 0.4) is 0 Å². The van der Waals surface area contributed by atoms with Crippen molar-refractivity contribution in [2.24, 2.45) is 5.92 Å². The highest BCUT2D eigenvalue weighted by Gasteiger charge is 2.30. The van der Waals surface area contributed by atoms with Gasteiger partial charge in [0.2, 0.25) is 0 Å². The number of nitrogens with one attached hydrogen (secondary N) is 1. The van der Waals surface area contributed by atoms with Crippen molar-refractivity contribution in [2.45, 2.75) is 38.0 Å². The van der Waals surface area contributed by atoms with E-state index in [2.05, 4.69) is 19.2 Å². The predicted octanol–water partition coefficient (Wildman–Crippen LogP) is 0.808. The van der Waals surface area contributed by atoms with Crippen molar-refractivity contribution in [3.05, 3.63) is 0 Å². The van der Waals surface area contributed by atoms with Crippen molar-refractivity contribution in [2.75, 3.05) is 12.8 Å². The minimum absolute atomic E-state index is 0.156. The average Bonchev–Trinajstić information content (AvgIpc) is 2.32. The van der Waals surface area contributed by atoms with E-state index in [1.807, 2.05) is 0 Å². The van der Waals surface area contributed by atoms with Crippen molar-refractivity contribution < 1.29 is 8.42 Å². The van der Waals surface area contributed by atoms with Crippen LogP contribution in [-0.2, 0) is 9.84 Å². The van der Waals surface area contributed by atoms with Crippen LogP contribution >= 0.6 is 0 Å². The summed E-state index contributed by atoms with van der Waals surface area (Å²) in [5, 5.41) is 3.11. The summed E-state index contributed by atoms with van der Waals surface area (Å²) >= 11 is 0. The third-order valence-corrected chi connectivity index (χ3v) is 4.11. The highest BCUT2D eigenvalue weighted by molar-refractivity contribution is 7.91. The van der Waals surface area contributed by atoms with E-state index in [-0.39, 0.29) is 5.25 Å². The van der Waals surface area contributed by atoms with E-state index in [9.17, 15) is 8.42 Å². The summed E-state index contributed by atoms with van der Waals surface area (Å²) in [4.78, 5) is 0. The molecule has 78 valence electrons. The first-order chi connectivity index (χ1) is 5.89. The molecule has 1 fully saturated rings. The Balaban J connectivity index is 2.46. The van der Waals surface area contributed by atoms with Crippen LogP contribution in [0.2, 0.25) is 0 Å². The molecule has 4 heteroatoms. The Labute approximate surface area is 80.8 Å². The predicted molar refractivity (Wildman–Crippen MR) is 54.5 cm³/mol. The fourth-order valence-corrected chi connectivity index (χ4v) is 2.84. The minimum Gasteiger partial charge on any atom is -0.313 e. The van der Waals surface area contributed by atoms with Gasteiger partial charge in [-0.15, -0.1) is 0 Å². The Morgan fingerprint density at radius 3 is 2.46 bits per heavy atom. The van der Waals surface area contributed by atoms with Crippen LogP contribution in [0.25, 0.3) is 0 Å². The van der Waals surface area contributed by atoms with Gasteiger partial charge in [0.15, 0.2) is 9.84 Å². The van der Waals surface area contributed by atoms with Gasteiger partial charge in [0.25, 0.3) is 0 Å². The first-order valence-electron chi connectivity index (χ1n) is 4.82. The Morgan fingerprint density at radius 1 is 1.46 bits per heavy atom. The Hall–Kier alpha value is -0.0900. The fraction of sp³-hybridized carbons (Fsp3) is 1.00. The average molecular weight is 205 g/mol. The molecule has 13 heavy (non-hydrogen) atoms. The molecule has 0 amide bonds. The molecule has 0 radical (unpaired) electrons. The van der Waals surface area contributed by atoms with Crippen molar-refractivity contribution in [3.8, 4) is 0 Å². The molecule has 0 spiro atoms. The normalized spacial score (nSPS) is 29.8. The van der Waals surface area contributed by atoms with Gasteiger partial charge in [-0.1, -0.05) is 13.8 Å². The highest BCUT2D eigenvalue weighted by atomic mass is 32.2. The van der Waals surface area contributed by atoms with Gasteiger partial charge < -0.3 is 5.32 Å². The SMILES string of the molecule is CC(C)C[C@@H]1C[C@H](S(C)(=O)=O)CN1. The summed E-state index contributed by atoms with van der Waals surface area (Å²) in [5.41, 5.74) is 0. The van der Waals surface area contributed by atoms with Gasteiger partial charge in [-0.25, -0.2) is 8.42 Å². The van der Waals surface area contributed by atoms with Gasteiger partial charge in [-0.05, 0) is 18.8 Å². The highest BCUT2D eigenvalue weighted by Crippen LogP contribution is 2.19. The second kappa shape index (κ2) is 3.96. The van der Waals surface area contributed by atoms with E-state index in [1.165, 1.54) is 6.26 Å². The molecule has 1 rings (SSSR count). The Morgan fingerprint density at radius 2 is 2.08 bits per heavy atom. The molecule has 0 aromatic heterocycles. The summed E-state index contributed by atoms with van der Waals surface area (Å²) in [6.07, 6.45) is 3.19. The molecule has 0 saturated carbocycles. The van der Waals surface area contributed by atoms with E-state index in [4.69, 9.17) is 0 Å². The molecule has 0 aliphatic carbocycles. The largest absolute Gasteiger partial charge is 0.313 e. The smallest absolute Gasteiger partial charge is 0.151 e. The molecular weight excluding hydrogens is 186 g/mol. The van der Waals surface area contributed by atoms with Crippen molar-refractivity contribution in [1.82, 2.24) is 5.32 Å². The van der Waals surface area contributed by atoms with Crippen LogP contribution in [0.1, 0.15) is 26.7 Å². The molecule has 1 N–H and O–H groups in total. The lowest BCUT2D eigenvalue weighted by Gasteiger charge is -2.12. The van der Waals surface area contributed by atoms with Gasteiger partial charge in [0.05, 0.1) is 5.25 Å². The molecular formula is C9H19NO2S. The van der Waals surface area contributed by atoms with E-state index >= 15 is 0 Å². The second-order valence-corrected chi connectivity index (χ2v) is 6.75. The van der Waals surface area contributed by atoms with Gasteiger partial charge in [0, 0.05) is 18.8 Å². The third-order valence-electron chi connectivity index (χ3n) is 2.54. The van der Waals surface area contributed by atoms with Crippen LogP contribution in [0.5, 0.6) is 0 Å². The summed E-state index contributed by atoms with van der Waals surface area (Å²) in [5.74, 6) is 0.635. The summed E-state index contributed by atoms with van der Waals surface area (Å²) < 4.78 is 22.4. The summed E-state index contributed by atoms with van der Waals surface area (Å²) in [6, 6.07) is 0.403. The van der Waals surface area contributed by atoms with Crippen molar-refractivity contribution in [1.29, 1.82) is 0 Å². The van der Waals surface area contributed by atoms with Crippen LogP contribution in [0, 0.1) is 5.92 Å². The van der Waals surface area contributed by atoms with Gasteiger partial charge >= 0.3 is 0 Å². The molecule has 1 aliphatic heterocycles. The zero-order valence-corrected chi connectivity index (χ0v) is 9.39. The molecule has 1 heterocycles. The van der Waals surface area contributed by atoms with E-state index < -0.39 is 9.84 Å². The Bertz CT molecular complexity index is 259. The first-order valence-corrected chi connectivity index (χ1v) is 6.77. The number of rotatable bonds is 3. The monoisotopic (exact) mass is 205 g/mol. The van der Waals surface area contributed by atoms with Crippen LogP contribution in [0.15, 0.2) is 0 Å². The van der Waals surface area contributed by atoms with E-state index in [0.29, 0.717) is 18.5 Å². The molecule has 0 unspecified atom stereocenters. The number of hydrogen-bond donors (Lipinski definition) is 1. The van der Waals surface area contributed by atoms with Gasteiger partial charge in [-0.3, -0.25) is 0 Å². The van der Waals surface area contributed by atoms with Crippen LogP contribution in [-0.4, -0.2) is 32.5 Å². The van der Waals surface area contributed by atoms with Crippen molar-refractivity contribution in [3.63, 3.8) is 0 Å². The zero-order valence-electron chi connectivity index (χ0n) is 8.58. The number of hydrogen-bond acceptors (Lipinski definition) is 3. The number of sulfone groups is 1.